The molecule has 5 fully saturated rings. The van der Waals surface area contributed by atoms with Crippen molar-refractivity contribution in [1.82, 2.24) is 20.4 Å². The molecular weight excluding hydrogens is 619 g/mol. The van der Waals surface area contributed by atoms with E-state index in [0.717, 1.165) is 17.7 Å². The Hall–Kier alpha value is -3.65. The number of carbonyl (C=O) groups excluding carboxylic acids is 5. The Morgan fingerprint density at radius 1 is 1.08 bits per heavy atom. The summed E-state index contributed by atoms with van der Waals surface area (Å²) in [6, 6.07) is 3.25. The summed E-state index contributed by atoms with van der Waals surface area (Å²) in [5.74, 6) is -2.42. The van der Waals surface area contributed by atoms with Gasteiger partial charge in [0.15, 0.2) is 0 Å². The largest absolute Gasteiger partial charge is 0.496 e. The van der Waals surface area contributed by atoms with E-state index in [4.69, 9.17) is 18.8 Å². The number of piperazine rings is 1. The third-order valence-electron chi connectivity index (χ3n) is 10.7. The second kappa shape index (κ2) is 13.0. The number of hydrogen-bond acceptors (Lipinski definition) is 9. The van der Waals surface area contributed by atoms with Crippen LogP contribution >= 0.6 is 0 Å². The number of benzene rings is 1. The van der Waals surface area contributed by atoms with Gasteiger partial charge in [-0.25, -0.2) is 9.59 Å². The third-order valence-corrected chi connectivity index (χ3v) is 10.7. The smallest absolute Gasteiger partial charge is 0.482 e. The second-order valence-electron chi connectivity index (χ2n) is 15.2. The van der Waals surface area contributed by atoms with Crippen molar-refractivity contribution in [2.75, 3.05) is 26.7 Å². The minimum Gasteiger partial charge on any atom is -0.496 e. The molecular formula is C34H49BN4O9. The van der Waals surface area contributed by atoms with Crippen molar-refractivity contribution in [2.24, 2.45) is 17.3 Å². The Morgan fingerprint density at radius 2 is 1.79 bits per heavy atom. The molecule has 5 aliphatic rings. The zero-order valence-corrected chi connectivity index (χ0v) is 29.5. The average molecular weight is 669 g/mol. The fraction of sp³-hybridized carbons (Fsp3) is 0.676. The number of ether oxygens (including phenoxy) is 2. The van der Waals surface area contributed by atoms with Crippen LogP contribution in [0, 0.1) is 17.3 Å². The summed E-state index contributed by atoms with van der Waals surface area (Å²) in [4.78, 5) is 67.0. The number of para-hydroxylation sites is 1. The minimum atomic E-state index is -1.08. The van der Waals surface area contributed by atoms with Crippen molar-refractivity contribution in [3.05, 3.63) is 29.3 Å². The van der Waals surface area contributed by atoms with E-state index in [1.54, 1.807) is 45.9 Å². The highest BCUT2D eigenvalue weighted by Crippen LogP contribution is 2.65. The van der Waals surface area contributed by atoms with Crippen LogP contribution in [-0.2, 0) is 34.9 Å². The lowest BCUT2D eigenvalue weighted by Crippen LogP contribution is -2.65. The fourth-order valence-corrected chi connectivity index (χ4v) is 7.81. The normalized spacial score (nSPS) is 27.4. The first-order valence-corrected chi connectivity index (χ1v) is 16.8. The van der Waals surface area contributed by atoms with Gasteiger partial charge in [0, 0.05) is 19.6 Å². The van der Waals surface area contributed by atoms with Crippen LogP contribution in [0.1, 0.15) is 84.2 Å². The van der Waals surface area contributed by atoms with Gasteiger partial charge in [-0.15, -0.1) is 0 Å². The second-order valence-corrected chi connectivity index (χ2v) is 15.2. The first-order valence-electron chi connectivity index (χ1n) is 16.8. The first kappa shape index (κ1) is 35.7. The number of amides is 5. The SMILES string of the molecule is CCN1CCN(C(=O)N[C@@H](C)C(=O)N[C@@H](Cc2cccc(C(=O)OC(C)(C)C)c2OC)B2OC3C[C@@H]4C[C@@H](C4(C)C)[C@]3(C)O2)C(=O)C1=O. The fourth-order valence-electron chi connectivity index (χ4n) is 7.81. The zero-order valence-electron chi connectivity index (χ0n) is 29.5. The number of nitrogens with one attached hydrogen (secondary N) is 2. The highest BCUT2D eigenvalue weighted by molar-refractivity contribution is 6.48. The summed E-state index contributed by atoms with van der Waals surface area (Å²) < 4.78 is 24.7. The molecule has 3 saturated carbocycles. The van der Waals surface area contributed by atoms with Gasteiger partial charge in [0.25, 0.3) is 0 Å². The number of likely N-dealkylation sites (N-methyl/N-ethyl adjacent to an activating group) is 1. The number of esters is 1. The van der Waals surface area contributed by atoms with Crippen LogP contribution in [0.5, 0.6) is 5.75 Å². The molecule has 3 aliphatic carbocycles. The minimum absolute atomic E-state index is 0.0250. The maximum atomic E-state index is 13.7. The van der Waals surface area contributed by atoms with Crippen molar-refractivity contribution < 1.29 is 42.8 Å². The van der Waals surface area contributed by atoms with Crippen LogP contribution in [0.15, 0.2) is 18.2 Å². The number of carbonyl (C=O) groups is 5. The molecule has 6 atom stereocenters. The van der Waals surface area contributed by atoms with Crippen molar-refractivity contribution in [3.8, 4) is 5.75 Å². The van der Waals surface area contributed by atoms with Crippen molar-refractivity contribution in [3.63, 3.8) is 0 Å². The van der Waals surface area contributed by atoms with E-state index in [-0.39, 0.29) is 42.5 Å². The van der Waals surface area contributed by atoms with Crippen LogP contribution in [0.3, 0.4) is 0 Å². The lowest BCUT2D eigenvalue weighted by molar-refractivity contribution is -0.199. The van der Waals surface area contributed by atoms with E-state index in [0.29, 0.717) is 23.8 Å². The van der Waals surface area contributed by atoms with Crippen molar-refractivity contribution in [1.29, 1.82) is 0 Å². The van der Waals surface area contributed by atoms with Gasteiger partial charge in [0.05, 0.1) is 24.8 Å². The van der Waals surface area contributed by atoms with Gasteiger partial charge in [0.1, 0.15) is 23.0 Å². The van der Waals surface area contributed by atoms with E-state index < -0.39 is 60.0 Å². The summed E-state index contributed by atoms with van der Waals surface area (Å²) in [5, 5.41) is 5.57. The molecule has 13 nitrogen and oxygen atoms in total. The summed E-state index contributed by atoms with van der Waals surface area (Å²) in [6.45, 7) is 15.8. The number of rotatable bonds is 9. The summed E-state index contributed by atoms with van der Waals surface area (Å²) >= 11 is 0. The van der Waals surface area contributed by atoms with E-state index in [1.165, 1.54) is 18.9 Å². The Bertz CT molecular complexity index is 1480. The maximum absolute atomic E-state index is 13.7. The van der Waals surface area contributed by atoms with E-state index >= 15 is 0 Å². The quantitative estimate of drug-likeness (QED) is 0.230. The number of methoxy groups -OCH3 is 1. The highest BCUT2D eigenvalue weighted by Gasteiger charge is 2.68. The topological polar surface area (TPSA) is 153 Å². The van der Waals surface area contributed by atoms with E-state index in [2.05, 4.69) is 31.4 Å². The molecule has 2 bridgehead atoms. The van der Waals surface area contributed by atoms with Crippen LogP contribution in [0.25, 0.3) is 0 Å². The standard InChI is InChI=1S/C34H49BN4O9/c1-10-38-14-15-39(29(42)28(38)41)31(44)36-19(2)27(40)37-25(35-47-24-18-21-17-23(33(21,6)7)34(24,8)48-35)16-20-12-11-13-22(26(20)45-9)30(43)46-32(3,4)5/h11-13,19,21,23-25H,10,14-18H2,1-9H3,(H,36,44)(H,37,40)/t19-,21-,23-,24?,25-,34-/m0/s1. The first-order chi connectivity index (χ1) is 22.4. The van der Waals surface area contributed by atoms with Crippen LogP contribution in [0.2, 0.25) is 0 Å². The summed E-state index contributed by atoms with van der Waals surface area (Å²) in [7, 11) is 0.635. The lowest BCUT2D eigenvalue weighted by atomic mass is 9.43. The average Bonchev–Trinajstić information content (AvgIpc) is 3.38. The number of imide groups is 1. The van der Waals surface area contributed by atoms with E-state index in [9.17, 15) is 24.0 Å². The molecule has 2 heterocycles. The molecule has 1 unspecified atom stereocenters. The number of nitrogens with zero attached hydrogens (tertiary/aromatic N) is 2. The molecule has 5 amide bonds. The van der Waals surface area contributed by atoms with Crippen LogP contribution < -0.4 is 15.4 Å². The van der Waals surface area contributed by atoms with E-state index in [1.807, 2.05) is 0 Å². The molecule has 1 aromatic carbocycles. The molecule has 2 N–H and O–H groups in total. The maximum Gasteiger partial charge on any atom is 0.482 e. The molecule has 2 saturated heterocycles. The third kappa shape index (κ3) is 6.53. The molecule has 48 heavy (non-hydrogen) atoms. The van der Waals surface area contributed by atoms with Crippen molar-refractivity contribution >= 4 is 36.8 Å². The molecule has 262 valence electrons. The molecule has 0 aromatic heterocycles. The predicted molar refractivity (Wildman–Crippen MR) is 176 cm³/mol. The molecule has 6 rings (SSSR count). The predicted octanol–water partition coefficient (Wildman–Crippen LogP) is 2.73. The molecule has 2 aliphatic heterocycles. The van der Waals surface area contributed by atoms with Crippen LogP contribution in [0.4, 0.5) is 4.79 Å². The van der Waals surface area contributed by atoms with Gasteiger partial charge in [-0.2, -0.15) is 0 Å². The van der Waals surface area contributed by atoms with Gasteiger partial charge < -0.3 is 34.3 Å². The van der Waals surface area contributed by atoms with Gasteiger partial charge >= 0.3 is 30.9 Å². The summed E-state index contributed by atoms with van der Waals surface area (Å²) in [6.07, 6.45) is 1.91. The van der Waals surface area contributed by atoms with Gasteiger partial charge in [0.2, 0.25) is 5.91 Å². The van der Waals surface area contributed by atoms with Gasteiger partial charge in [-0.05, 0) is 89.7 Å². The van der Waals surface area contributed by atoms with Crippen LogP contribution in [-0.4, -0.2) is 103 Å². The molecule has 0 spiro atoms. The molecule has 1 aromatic rings. The molecule has 0 radical (unpaired) electrons. The Balaban J connectivity index is 1.37. The highest BCUT2D eigenvalue weighted by atomic mass is 16.7. The van der Waals surface area contributed by atoms with Crippen molar-refractivity contribution in [2.45, 2.75) is 104 Å². The number of urea groups is 1. The Labute approximate surface area is 282 Å². The zero-order chi connectivity index (χ0) is 35.3. The Kier molecular flexibility index (Phi) is 9.66. The Morgan fingerprint density at radius 3 is 2.42 bits per heavy atom. The summed E-state index contributed by atoms with van der Waals surface area (Å²) in [5.41, 5.74) is -0.301. The number of hydrogen-bond donors (Lipinski definition) is 2. The van der Waals surface area contributed by atoms with Gasteiger partial charge in [-0.3, -0.25) is 19.3 Å². The lowest BCUT2D eigenvalue weighted by Gasteiger charge is -2.64. The molecule has 14 heteroatoms. The van der Waals surface area contributed by atoms with Gasteiger partial charge in [-0.1, -0.05) is 26.0 Å². The monoisotopic (exact) mass is 668 g/mol.